The van der Waals surface area contributed by atoms with Gasteiger partial charge in [0.15, 0.2) is 0 Å². The topological polar surface area (TPSA) is 65.1 Å². The molecule has 0 saturated carbocycles. The van der Waals surface area contributed by atoms with Crippen molar-refractivity contribution in [3.8, 4) is 0 Å². The average molecular weight is 306 g/mol. The normalized spacial score (nSPS) is 14.1. The number of amides is 1. The van der Waals surface area contributed by atoms with Gasteiger partial charge in [-0.3, -0.25) is 4.79 Å². The molecule has 5 heteroatoms. The van der Waals surface area contributed by atoms with Crippen LogP contribution < -0.4 is 5.32 Å². The van der Waals surface area contributed by atoms with Crippen LogP contribution in [-0.2, 0) is 11.2 Å². The first-order valence-corrected chi connectivity index (χ1v) is 8.33. The molecule has 2 unspecified atom stereocenters. The Morgan fingerprint density at radius 2 is 2.24 bits per heavy atom. The zero-order valence-electron chi connectivity index (χ0n) is 12.6. The average Bonchev–Trinajstić information content (AvgIpc) is 2.82. The first kappa shape index (κ1) is 15.9. The molecule has 0 aliphatic rings. The second-order valence-electron chi connectivity index (χ2n) is 5.35. The maximum Gasteiger partial charge on any atom is 0.224 e. The van der Waals surface area contributed by atoms with Gasteiger partial charge in [-0.2, -0.15) is 11.8 Å². The van der Waals surface area contributed by atoms with Crippen LogP contribution in [0.2, 0.25) is 0 Å². The molecule has 114 valence electrons. The molecule has 4 nitrogen and oxygen atoms in total. The minimum Gasteiger partial charge on any atom is -0.395 e. The van der Waals surface area contributed by atoms with Crippen molar-refractivity contribution in [1.82, 2.24) is 10.3 Å². The maximum atomic E-state index is 12.2. The van der Waals surface area contributed by atoms with E-state index in [-0.39, 0.29) is 23.8 Å². The number of benzene rings is 1. The highest BCUT2D eigenvalue weighted by molar-refractivity contribution is 7.99. The van der Waals surface area contributed by atoms with Gasteiger partial charge in [-0.1, -0.05) is 12.1 Å². The van der Waals surface area contributed by atoms with Gasteiger partial charge in [-0.25, -0.2) is 0 Å². The molecule has 0 spiro atoms. The van der Waals surface area contributed by atoms with Gasteiger partial charge >= 0.3 is 0 Å². The number of carbonyl (C=O) groups excluding carboxylic acids is 1. The van der Waals surface area contributed by atoms with E-state index in [1.165, 1.54) is 5.56 Å². The number of hydrogen-bond acceptors (Lipinski definition) is 3. The highest BCUT2D eigenvalue weighted by Crippen LogP contribution is 2.20. The molecule has 2 atom stereocenters. The van der Waals surface area contributed by atoms with Gasteiger partial charge in [0.05, 0.1) is 13.0 Å². The number of nitrogens with one attached hydrogen (secondary N) is 2. The minimum absolute atomic E-state index is 0.0172. The lowest BCUT2D eigenvalue weighted by Gasteiger charge is -2.21. The molecular formula is C16H22N2O2S. The van der Waals surface area contributed by atoms with Crippen LogP contribution in [0.4, 0.5) is 0 Å². The molecule has 0 aliphatic heterocycles. The first-order chi connectivity index (χ1) is 10.0. The predicted octanol–water partition coefficient (Wildman–Crippen LogP) is 2.25. The Bertz CT molecular complexity index is 620. The second-order valence-corrected chi connectivity index (χ2v) is 6.43. The summed E-state index contributed by atoms with van der Waals surface area (Å²) in [5.74, 6) is -0.0172. The molecule has 1 heterocycles. The van der Waals surface area contributed by atoms with E-state index in [1.807, 2.05) is 32.4 Å². The third-order valence-corrected chi connectivity index (χ3v) is 4.87. The number of hydrogen-bond donors (Lipinski definition) is 3. The van der Waals surface area contributed by atoms with E-state index in [0.717, 1.165) is 16.5 Å². The van der Waals surface area contributed by atoms with E-state index in [9.17, 15) is 9.90 Å². The Hall–Kier alpha value is -1.46. The Balaban J connectivity index is 2.04. The number of aryl methyl sites for hydroxylation is 1. The molecule has 3 N–H and O–H groups in total. The lowest BCUT2D eigenvalue weighted by Crippen LogP contribution is -2.41. The lowest BCUT2D eigenvalue weighted by molar-refractivity contribution is -0.121. The highest BCUT2D eigenvalue weighted by atomic mass is 32.2. The fourth-order valence-electron chi connectivity index (χ4n) is 2.45. The summed E-state index contributed by atoms with van der Waals surface area (Å²) in [4.78, 5) is 15.4. The quantitative estimate of drug-likeness (QED) is 0.767. The molecule has 0 aliphatic carbocycles. The standard InChI is InChI=1S/C16H22N2O2S/c1-10-4-5-13-12(8-17-14(13)6-10)7-16(20)18-11(2)15(9-19)21-3/h4-6,8,11,15,17,19H,7,9H2,1-3H3,(H,18,20). The van der Waals surface area contributed by atoms with Crippen LogP contribution >= 0.6 is 11.8 Å². The predicted molar refractivity (Wildman–Crippen MR) is 88.7 cm³/mol. The first-order valence-electron chi connectivity index (χ1n) is 7.04. The van der Waals surface area contributed by atoms with E-state index in [2.05, 4.69) is 22.4 Å². The third kappa shape index (κ3) is 3.80. The molecule has 2 rings (SSSR count). The van der Waals surface area contributed by atoms with Crippen LogP contribution in [0.5, 0.6) is 0 Å². The Kier molecular flexibility index (Phi) is 5.31. The largest absolute Gasteiger partial charge is 0.395 e. The van der Waals surface area contributed by atoms with Crippen molar-refractivity contribution in [1.29, 1.82) is 0 Å². The highest BCUT2D eigenvalue weighted by Gasteiger charge is 2.18. The number of H-pyrrole nitrogens is 1. The van der Waals surface area contributed by atoms with Crippen molar-refractivity contribution in [2.24, 2.45) is 0 Å². The van der Waals surface area contributed by atoms with Crippen LogP contribution in [0.1, 0.15) is 18.1 Å². The van der Waals surface area contributed by atoms with E-state index in [0.29, 0.717) is 6.42 Å². The molecular weight excluding hydrogens is 284 g/mol. The van der Waals surface area contributed by atoms with Gasteiger partial charge in [0.1, 0.15) is 0 Å². The van der Waals surface area contributed by atoms with Gasteiger partial charge in [-0.05, 0) is 37.3 Å². The monoisotopic (exact) mass is 306 g/mol. The van der Waals surface area contributed by atoms with Gasteiger partial charge in [0.25, 0.3) is 0 Å². The van der Waals surface area contributed by atoms with Crippen molar-refractivity contribution < 1.29 is 9.90 Å². The molecule has 21 heavy (non-hydrogen) atoms. The molecule has 1 aromatic carbocycles. The summed E-state index contributed by atoms with van der Waals surface area (Å²) in [6.45, 7) is 4.04. The van der Waals surface area contributed by atoms with E-state index in [1.54, 1.807) is 11.8 Å². The van der Waals surface area contributed by atoms with Gasteiger partial charge in [-0.15, -0.1) is 0 Å². The minimum atomic E-state index is -0.0510. The fraction of sp³-hybridized carbons (Fsp3) is 0.438. The summed E-state index contributed by atoms with van der Waals surface area (Å²) in [6, 6.07) is 6.13. The maximum absolute atomic E-state index is 12.2. The van der Waals surface area contributed by atoms with Crippen molar-refractivity contribution >= 4 is 28.6 Å². The third-order valence-electron chi connectivity index (χ3n) is 3.70. The van der Waals surface area contributed by atoms with Crippen molar-refractivity contribution in [3.05, 3.63) is 35.5 Å². The van der Waals surface area contributed by atoms with Crippen molar-refractivity contribution in [3.63, 3.8) is 0 Å². The molecule has 0 saturated heterocycles. The SMILES string of the molecule is CSC(CO)C(C)NC(=O)Cc1c[nH]c2cc(C)ccc12. The molecule has 0 radical (unpaired) electrons. The zero-order valence-corrected chi connectivity index (χ0v) is 13.5. The number of carbonyl (C=O) groups is 1. The molecule has 0 fully saturated rings. The zero-order chi connectivity index (χ0) is 15.4. The van der Waals surface area contributed by atoms with E-state index in [4.69, 9.17) is 0 Å². The Morgan fingerprint density at radius 1 is 1.48 bits per heavy atom. The van der Waals surface area contributed by atoms with Crippen LogP contribution in [0.3, 0.4) is 0 Å². The summed E-state index contributed by atoms with van der Waals surface area (Å²) in [5.41, 5.74) is 3.25. The van der Waals surface area contributed by atoms with E-state index >= 15 is 0 Å². The number of aromatic amines is 1. The van der Waals surface area contributed by atoms with Gasteiger partial charge in [0.2, 0.25) is 5.91 Å². The van der Waals surface area contributed by atoms with Gasteiger partial charge < -0.3 is 15.4 Å². The Labute approximate surface area is 129 Å². The number of rotatable bonds is 6. The van der Waals surface area contributed by atoms with Crippen LogP contribution in [0, 0.1) is 6.92 Å². The number of aromatic nitrogens is 1. The summed E-state index contributed by atoms with van der Waals surface area (Å²) >= 11 is 1.56. The fourth-order valence-corrected chi connectivity index (χ4v) is 3.08. The summed E-state index contributed by atoms with van der Waals surface area (Å²) in [6.07, 6.45) is 4.18. The van der Waals surface area contributed by atoms with Crippen LogP contribution in [0.15, 0.2) is 24.4 Å². The van der Waals surface area contributed by atoms with Crippen molar-refractivity contribution in [2.75, 3.05) is 12.9 Å². The summed E-state index contributed by atoms with van der Waals surface area (Å²) < 4.78 is 0. The van der Waals surface area contributed by atoms with Gasteiger partial charge in [0, 0.05) is 28.4 Å². The molecule has 1 aromatic heterocycles. The van der Waals surface area contributed by atoms with E-state index < -0.39 is 0 Å². The number of aliphatic hydroxyl groups excluding tert-OH is 1. The molecule has 0 bridgehead atoms. The van der Waals surface area contributed by atoms with Crippen molar-refractivity contribution in [2.45, 2.75) is 31.6 Å². The Morgan fingerprint density at radius 3 is 2.90 bits per heavy atom. The smallest absolute Gasteiger partial charge is 0.224 e. The van der Waals surface area contributed by atoms with Crippen LogP contribution in [-0.4, -0.2) is 40.2 Å². The number of fused-ring (bicyclic) bond motifs is 1. The summed E-state index contributed by atoms with van der Waals surface area (Å²) in [7, 11) is 0. The molecule has 2 aromatic rings. The number of thioether (sulfide) groups is 1. The number of aliphatic hydroxyl groups is 1. The second kappa shape index (κ2) is 7.00. The lowest BCUT2D eigenvalue weighted by atomic mass is 10.1. The summed E-state index contributed by atoms with van der Waals surface area (Å²) in [5, 5.41) is 13.3. The molecule has 1 amide bonds. The van der Waals surface area contributed by atoms with Crippen LogP contribution in [0.25, 0.3) is 10.9 Å².